The Morgan fingerprint density at radius 1 is 1.38 bits per heavy atom. The smallest absolute Gasteiger partial charge is 0.143 e. The summed E-state index contributed by atoms with van der Waals surface area (Å²) in [7, 11) is 1.93. The van der Waals surface area contributed by atoms with Crippen LogP contribution in [0.1, 0.15) is 44.6 Å². The molecular weight excluding hydrogens is 300 g/mol. The van der Waals surface area contributed by atoms with Crippen LogP contribution in [0.15, 0.2) is 42.7 Å². The second kappa shape index (κ2) is 8.64. The molecule has 1 aromatic carbocycles. The zero-order chi connectivity index (χ0) is 17.5. The van der Waals surface area contributed by atoms with Crippen LogP contribution in [-0.4, -0.2) is 21.4 Å². The molecule has 130 valence electrons. The van der Waals surface area contributed by atoms with Crippen molar-refractivity contribution in [2.24, 2.45) is 13.0 Å². The normalized spacial score (nSPS) is 12.4. The van der Waals surface area contributed by atoms with Crippen molar-refractivity contribution in [2.45, 2.75) is 39.8 Å². The van der Waals surface area contributed by atoms with Crippen LogP contribution in [0.4, 0.5) is 0 Å². The van der Waals surface area contributed by atoms with Gasteiger partial charge in [0.15, 0.2) is 0 Å². The first-order valence-electron chi connectivity index (χ1n) is 8.39. The number of aryl methyl sites for hydroxylation is 1. The second-order valence-corrected chi connectivity index (χ2v) is 6.70. The highest BCUT2D eigenvalue weighted by Crippen LogP contribution is 2.20. The summed E-state index contributed by atoms with van der Waals surface area (Å²) < 4.78 is 7.56. The first kappa shape index (κ1) is 18.2. The maximum atomic E-state index is 5.72. The first-order valence-corrected chi connectivity index (χ1v) is 8.39. The third kappa shape index (κ3) is 5.49. The molecule has 0 fully saturated rings. The predicted octanol–water partition coefficient (Wildman–Crippen LogP) is 3.65. The Bertz CT molecular complexity index is 663. The van der Waals surface area contributed by atoms with E-state index in [1.54, 1.807) is 6.33 Å². The molecule has 1 heterocycles. The quantitative estimate of drug-likeness (QED) is 0.714. The summed E-state index contributed by atoms with van der Waals surface area (Å²) in [5.74, 6) is 2.42. The van der Waals surface area contributed by atoms with Gasteiger partial charge in [0.1, 0.15) is 24.5 Å². The van der Waals surface area contributed by atoms with E-state index < -0.39 is 0 Å². The lowest BCUT2D eigenvalue weighted by atomic mass is 10.0. The molecule has 0 unspecified atom stereocenters. The standard InChI is InChI=1S/C19H28N4O/c1-14(2)9-18(19-21-13-22-23(19)5)20-11-16-7-6-8-17(10-16)24-12-15(3)4/h6-8,10,13-14,18,20H,3,9,11-12H2,1-2,4-5H3/t18-/m0/s1. The minimum absolute atomic E-state index is 0.178. The van der Waals surface area contributed by atoms with Crippen molar-refractivity contribution in [1.29, 1.82) is 0 Å². The maximum absolute atomic E-state index is 5.72. The van der Waals surface area contributed by atoms with Gasteiger partial charge in [0.05, 0.1) is 6.04 Å². The fourth-order valence-corrected chi connectivity index (χ4v) is 2.56. The van der Waals surface area contributed by atoms with Gasteiger partial charge in [-0.25, -0.2) is 4.98 Å². The zero-order valence-electron chi connectivity index (χ0n) is 15.1. The van der Waals surface area contributed by atoms with Crippen molar-refractivity contribution in [3.05, 3.63) is 54.1 Å². The minimum atomic E-state index is 0.178. The molecule has 0 saturated carbocycles. The molecule has 0 aliphatic rings. The lowest BCUT2D eigenvalue weighted by molar-refractivity contribution is 0.351. The van der Waals surface area contributed by atoms with Gasteiger partial charge < -0.3 is 10.1 Å². The fourth-order valence-electron chi connectivity index (χ4n) is 2.56. The molecule has 0 saturated heterocycles. The van der Waals surface area contributed by atoms with E-state index in [0.29, 0.717) is 12.5 Å². The molecule has 1 N–H and O–H groups in total. The highest BCUT2D eigenvalue weighted by molar-refractivity contribution is 5.28. The molecule has 0 radical (unpaired) electrons. The van der Waals surface area contributed by atoms with Crippen molar-refractivity contribution in [3.63, 3.8) is 0 Å². The van der Waals surface area contributed by atoms with Gasteiger partial charge in [0, 0.05) is 13.6 Å². The molecule has 0 spiro atoms. The van der Waals surface area contributed by atoms with Gasteiger partial charge in [-0.3, -0.25) is 4.68 Å². The van der Waals surface area contributed by atoms with Gasteiger partial charge in [0.2, 0.25) is 0 Å². The van der Waals surface area contributed by atoms with E-state index in [-0.39, 0.29) is 6.04 Å². The summed E-state index contributed by atoms with van der Waals surface area (Å²) in [6, 6.07) is 8.34. The monoisotopic (exact) mass is 328 g/mol. The van der Waals surface area contributed by atoms with Crippen LogP contribution < -0.4 is 10.1 Å². The number of hydrogen-bond acceptors (Lipinski definition) is 4. The van der Waals surface area contributed by atoms with Gasteiger partial charge in [-0.15, -0.1) is 0 Å². The highest BCUT2D eigenvalue weighted by Gasteiger charge is 2.17. The van der Waals surface area contributed by atoms with Crippen LogP contribution >= 0.6 is 0 Å². The Balaban J connectivity index is 2.02. The largest absolute Gasteiger partial charge is 0.489 e. The van der Waals surface area contributed by atoms with Crippen molar-refractivity contribution < 1.29 is 4.74 Å². The molecule has 0 aliphatic carbocycles. The van der Waals surface area contributed by atoms with Gasteiger partial charge in [-0.1, -0.05) is 32.6 Å². The van der Waals surface area contributed by atoms with Crippen LogP contribution in [0.3, 0.4) is 0 Å². The number of rotatable bonds is 9. The molecule has 24 heavy (non-hydrogen) atoms. The SMILES string of the molecule is C=C(C)COc1cccc(CN[C@@H](CC(C)C)c2ncnn2C)c1. The van der Waals surface area contributed by atoms with Crippen LogP contribution in [0, 0.1) is 5.92 Å². The molecule has 0 aliphatic heterocycles. The number of aromatic nitrogens is 3. The first-order chi connectivity index (χ1) is 11.5. The minimum Gasteiger partial charge on any atom is -0.489 e. The van der Waals surface area contributed by atoms with Crippen LogP contribution in [-0.2, 0) is 13.6 Å². The molecule has 5 nitrogen and oxygen atoms in total. The number of hydrogen-bond donors (Lipinski definition) is 1. The summed E-state index contributed by atoms with van der Waals surface area (Å²) in [5, 5.41) is 7.80. The Morgan fingerprint density at radius 2 is 2.17 bits per heavy atom. The number of nitrogens with zero attached hydrogens (tertiary/aromatic N) is 3. The van der Waals surface area contributed by atoms with E-state index >= 15 is 0 Å². The summed E-state index contributed by atoms with van der Waals surface area (Å²) in [4.78, 5) is 4.40. The van der Waals surface area contributed by atoms with Crippen molar-refractivity contribution in [3.8, 4) is 5.75 Å². The van der Waals surface area contributed by atoms with E-state index in [0.717, 1.165) is 30.1 Å². The lowest BCUT2D eigenvalue weighted by Crippen LogP contribution is -2.25. The average molecular weight is 328 g/mol. The van der Waals surface area contributed by atoms with E-state index in [9.17, 15) is 0 Å². The van der Waals surface area contributed by atoms with Gasteiger partial charge in [-0.05, 0) is 42.5 Å². The molecule has 1 aromatic heterocycles. The van der Waals surface area contributed by atoms with Gasteiger partial charge in [-0.2, -0.15) is 5.10 Å². The third-order valence-electron chi connectivity index (χ3n) is 3.70. The topological polar surface area (TPSA) is 52.0 Å². The van der Waals surface area contributed by atoms with E-state index in [4.69, 9.17) is 4.74 Å². The molecule has 1 atom stereocenters. The fraction of sp³-hybridized carbons (Fsp3) is 0.474. The van der Waals surface area contributed by atoms with Gasteiger partial charge in [0.25, 0.3) is 0 Å². The summed E-state index contributed by atoms with van der Waals surface area (Å²) in [6.45, 7) is 11.6. The Morgan fingerprint density at radius 3 is 2.79 bits per heavy atom. The lowest BCUT2D eigenvalue weighted by Gasteiger charge is -2.20. The summed E-state index contributed by atoms with van der Waals surface area (Å²) >= 11 is 0. The molecular formula is C19H28N4O. The number of benzene rings is 1. The van der Waals surface area contributed by atoms with Crippen molar-refractivity contribution in [2.75, 3.05) is 6.61 Å². The van der Waals surface area contributed by atoms with Crippen LogP contribution in [0.25, 0.3) is 0 Å². The maximum Gasteiger partial charge on any atom is 0.143 e. The Kier molecular flexibility index (Phi) is 6.55. The van der Waals surface area contributed by atoms with Crippen molar-refractivity contribution in [1.82, 2.24) is 20.1 Å². The zero-order valence-corrected chi connectivity index (χ0v) is 15.1. The van der Waals surface area contributed by atoms with Crippen LogP contribution in [0.5, 0.6) is 5.75 Å². The molecule has 2 aromatic rings. The van der Waals surface area contributed by atoms with Gasteiger partial charge >= 0.3 is 0 Å². The number of nitrogens with one attached hydrogen (secondary N) is 1. The third-order valence-corrected chi connectivity index (χ3v) is 3.70. The Hall–Kier alpha value is -2.14. The molecule has 0 amide bonds. The van der Waals surface area contributed by atoms with Crippen molar-refractivity contribution >= 4 is 0 Å². The predicted molar refractivity (Wildman–Crippen MR) is 96.8 cm³/mol. The number of ether oxygens (including phenoxy) is 1. The highest BCUT2D eigenvalue weighted by atomic mass is 16.5. The summed E-state index contributed by atoms with van der Waals surface area (Å²) in [5.41, 5.74) is 2.20. The van der Waals surface area contributed by atoms with E-state index in [1.807, 2.05) is 30.8 Å². The van der Waals surface area contributed by atoms with Crippen LogP contribution in [0.2, 0.25) is 0 Å². The molecule has 2 rings (SSSR count). The van der Waals surface area contributed by atoms with E-state index in [2.05, 4.69) is 48.0 Å². The summed E-state index contributed by atoms with van der Waals surface area (Å²) in [6.07, 6.45) is 2.62. The van der Waals surface area contributed by atoms with E-state index in [1.165, 1.54) is 5.56 Å². The molecule has 5 heteroatoms. The second-order valence-electron chi connectivity index (χ2n) is 6.70. The Labute approximate surface area is 144 Å². The molecule has 0 bridgehead atoms. The average Bonchev–Trinajstić information content (AvgIpc) is 2.95.